The second-order valence-electron chi connectivity index (χ2n) is 6.03. The summed E-state index contributed by atoms with van der Waals surface area (Å²) >= 11 is 0. The van der Waals surface area contributed by atoms with Crippen LogP contribution in [0.25, 0.3) is 33.5 Å². The Hall–Kier alpha value is -3.15. The minimum absolute atomic E-state index is 0.0268. The average Bonchev–Trinajstić information content (AvgIpc) is 3.09. The van der Waals surface area contributed by atoms with E-state index in [9.17, 15) is 13.2 Å². The molecule has 6 heteroatoms. The predicted molar refractivity (Wildman–Crippen MR) is 94.5 cm³/mol. The van der Waals surface area contributed by atoms with Crippen LogP contribution < -0.4 is 0 Å². The second kappa shape index (κ2) is 5.98. The second-order valence-corrected chi connectivity index (χ2v) is 6.03. The molecule has 0 unspecified atom stereocenters. The fourth-order valence-corrected chi connectivity index (χ4v) is 3.13. The van der Waals surface area contributed by atoms with E-state index in [-0.39, 0.29) is 11.4 Å². The number of nitrogens with one attached hydrogen (secondary N) is 1. The number of aromatic nitrogens is 3. The largest absolute Gasteiger partial charge is 0.417 e. The molecule has 3 nitrogen and oxygen atoms in total. The molecule has 0 saturated heterocycles. The molecule has 3 aromatic carbocycles. The van der Waals surface area contributed by atoms with Crippen molar-refractivity contribution >= 4 is 10.8 Å². The number of halogens is 3. The van der Waals surface area contributed by atoms with Crippen LogP contribution in [0.1, 0.15) is 11.1 Å². The van der Waals surface area contributed by atoms with Gasteiger partial charge < -0.3 is 0 Å². The lowest BCUT2D eigenvalue weighted by atomic mass is 10.0. The maximum absolute atomic E-state index is 13.4. The molecule has 0 spiro atoms. The molecule has 0 aliphatic heterocycles. The van der Waals surface area contributed by atoms with E-state index in [0.717, 1.165) is 22.4 Å². The molecule has 26 heavy (non-hydrogen) atoms. The van der Waals surface area contributed by atoms with Gasteiger partial charge in [0.25, 0.3) is 0 Å². The van der Waals surface area contributed by atoms with Crippen molar-refractivity contribution in [1.82, 2.24) is 15.2 Å². The Kier molecular flexibility index (Phi) is 3.76. The third-order valence-corrected chi connectivity index (χ3v) is 4.33. The number of aromatic amines is 1. The Bertz CT molecular complexity index is 1090. The summed E-state index contributed by atoms with van der Waals surface area (Å²) in [5, 5.41) is 8.81. The van der Waals surface area contributed by atoms with Crippen molar-refractivity contribution in [3.05, 3.63) is 71.8 Å². The van der Waals surface area contributed by atoms with Gasteiger partial charge in [0, 0.05) is 11.1 Å². The summed E-state index contributed by atoms with van der Waals surface area (Å²) in [6.07, 6.45) is -4.46. The van der Waals surface area contributed by atoms with Gasteiger partial charge in [0.2, 0.25) is 0 Å². The van der Waals surface area contributed by atoms with Crippen LogP contribution in [-0.4, -0.2) is 15.2 Å². The van der Waals surface area contributed by atoms with E-state index in [0.29, 0.717) is 11.4 Å². The standard InChI is InChI=1S/C20H14F3N3/c1-12-6-4-11-16(20(21,22)23)17(12)19-24-18(25-26-19)15-10-5-8-13-7-2-3-9-14(13)15/h2-11H,1H3,(H,24,25,26). The molecule has 1 aromatic heterocycles. The van der Waals surface area contributed by atoms with Crippen molar-refractivity contribution < 1.29 is 13.2 Å². The zero-order valence-electron chi connectivity index (χ0n) is 13.8. The molecular formula is C20H14F3N3. The molecule has 1 N–H and O–H groups in total. The van der Waals surface area contributed by atoms with Gasteiger partial charge in [-0.05, 0) is 29.3 Å². The summed E-state index contributed by atoms with van der Waals surface area (Å²) in [5.74, 6) is 0.478. The molecule has 4 rings (SSSR count). The molecule has 0 amide bonds. The highest BCUT2D eigenvalue weighted by molar-refractivity contribution is 5.95. The van der Waals surface area contributed by atoms with Crippen molar-refractivity contribution in [3.63, 3.8) is 0 Å². The number of alkyl halides is 3. The van der Waals surface area contributed by atoms with E-state index in [1.807, 2.05) is 42.5 Å². The van der Waals surface area contributed by atoms with Crippen molar-refractivity contribution in [2.45, 2.75) is 13.1 Å². The average molecular weight is 353 g/mol. The lowest BCUT2D eigenvalue weighted by Gasteiger charge is -2.13. The van der Waals surface area contributed by atoms with Crippen LogP contribution in [0, 0.1) is 6.92 Å². The Morgan fingerprint density at radius 2 is 1.62 bits per heavy atom. The zero-order chi connectivity index (χ0) is 18.3. The molecule has 0 aliphatic rings. The first-order valence-electron chi connectivity index (χ1n) is 8.03. The SMILES string of the molecule is Cc1cccc(C(F)(F)F)c1-c1nc(-c2cccc3ccccc23)n[nH]1. The van der Waals surface area contributed by atoms with Gasteiger partial charge in [-0.15, -0.1) is 0 Å². The minimum Gasteiger partial charge on any atom is -0.259 e. The van der Waals surface area contributed by atoms with Crippen molar-refractivity contribution in [2.24, 2.45) is 0 Å². The highest BCUT2D eigenvalue weighted by Crippen LogP contribution is 2.38. The number of aryl methyl sites for hydroxylation is 1. The molecule has 0 radical (unpaired) electrons. The van der Waals surface area contributed by atoms with E-state index >= 15 is 0 Å². The Morgan fingerprint density at radius 1 is 0.885 bits per heavy atom. The number of rotatable bonds is 2. The van der Waals surface area contributed by atoms with Gasteiger partial charge in [-0.3, -0.25) is 5.10 Å². The van der Waals surface area contributed by atoms with Gasteiger partial charge in [0.05, 0.1) is 5.56 Å². The normalized spacial score (nSPS) is 11.8. The number of fused-ring (bicyclic) bond motifs is 1. The smallest absolute Gasteiger partial charge is 0.259 e. The highest BCUT2D eigenvalue weighted by Gasteiger charge is 2.35. The number of nitrogens with zero attached hydrogens (tertiary/aromatic N) is 2. The van der Waals surface area contributed by atoms with Gasteiger partial charge in [-0.2, -0.15) is 18.3 Å². The quantitative estimate of drug-likeness (QED) is 0.508. The lowest BCUT2D eigenvalue weighted by molar-refractivity contribution is -0.137. The molecule has 4 aromatic rings. The van der Waals surface area contributed by atoms with Crippen LogP contribution in [0.5, 0.6) is 0 Å². The third-order valence-electron chi connectivity index (χ3n) is 4.33. The number of benzene rings is 3. The van der Waals surface area contributed by atoms with E-state index in [1.54, 1.807) is 13.0 Å². The van der Waals surface area contributed by atoms with Gasteiger partial charge in [0.15, 0.2) is 11.6 Å². The minimum atomic E-state index is -4.46. The van der Waals surface area contributed by atoms with Gasteiger partial charge in [-0.1, -0.05) is 54.6 Å². The Labute approximate surface area is 147 Å². The Morgan fingerprint density at radius 3 is 2.42 bits per heavy atom. The summed E-state index contributed by atoms with van der Waals surface area (Å²) in [7, 11) is 0. The monoisotopic (exact) mass is 353 g/mol. The number of hydrogen-bond acceptors (Lipinski definition) is 2. The summed E-state index contributed by atoms with van der Waals surface area (Å²) < 4.78 is 40.2. The number of hydrogen-bond donors (Lipinski definition) is 1. The summed E-state index contributed by atoms with van der Waals surface area (Å²) in [4.78, 5) is 4.37. The first-order chi connectivity index (χ1) is 12.4. The van der Waals surface area contributed by atoms with E-state index in [2.05, 4.69) is 15.2 Å². The van der Waals surface area contributed by atoms with Crippen molar-refractivity contribution in [1.29, 1.82) is 0 Å². The van der Waals surface area contributed by atoms with Crippen LogP contribution in [0.4, 0.5) is 13.2 Å². The molecule has 0 bridgehead atoms. The fourth-order valence-electron chi connectivity index (χ4n) is 3.13. The topological polar surface area (TPSA) is 41.6 Å². The zero-order valence-corrected chi connectivity index (χ0v) is 13.8. The fraction of sp³-hybridized carbons (Fsp3) is 0.100. The third kappa shape index (κ3) is 2.73. The molecule has 0 atom stereocenters. The van der Waals surface area contributed by atoms with Crippen molar-refractivity contribution in [3.8, 4) is 22.8 Å². The molecule has 0 aliphatic carbocycles. The van der Waals surface area contributed by atoms with Crippen molar-refractivity contribution in [2.75, 3.05) is 0 Å². The van der Waals surface area contributed by atoms with E-state index in [1.165, 1.54) is 6.07 Å². The molecule has 130 valence electrons. The first kappa shape index (κ1) is 16.3. The molecular weight excluding hydrogens is 339 g/mol. The van der Waals surface area contributed by atoms with Crippen LogP contribution in [0.3, 0.4) is 0 Å². The van der Waals surface area contributed by atoms with Crippen LogP contribution in [0.15, 0.2) is 60.7 Å². The predicted octanol–water partition coefficient (Wildman–Crippen LogP) is 5.62. The first-order valence-corrected chi connectivity index (χ1v) is 8.03. The van der Waals surface area contributed by atoms with Gasteiger partial charge in [-0.25, -0.2) is 4.98 Å². The highest BCUT2D eigenvalue weighted by atomic mass is 19.4. The number of H-pyrrole nitrogens is 1. The van der Waals surface area contributed by atoms with Crippen LogP contribution in [0.2, 0.25) is 0 Å². The summed E-state index contributed by atoms with van der Waals surface area (Å²) in [6.45, 7) is 1.63. The maximum atomic E-state index is 13.4. The Balaban J connectivity index is 1.88. The lowest BCUT2D eigenvalue weighted by Crippen LogP contribution is -2.08. The van der Waals surface area contributed by atoms with Crippen LogP contribution in [-0.2, 0) is 6.18 Å². The molecule has 0 saturated carbocycles. The molecule has 0 fully saturated rings. The van der Waals surface area contributed by atoms with Crippen LogP contribution >= 0.6 is 0 Å². The van der Waals surface area contributed by atoms with E-state index in [4.69, 9.17) is 0 Å². The maximum Gasteiger partial charge on any atom is 0.417 e. The van der Waals surface area contributed by atoms with Gasteiger partial charge >= 0.3 is 6.18 Å². The summed E-state index contributed by atoms with van der Waals surface area (Å²) in [6, 6.07) is 17.5. The molecule has 1 heterocycles. The summed E-state index contributed by atoms with van der Waals surface area (Å²) in [5.41, 5.74) is 0.560. The van der Waals surface area contributed by atoms with Gasteiger partial charge in [0.1, 0.15) is 0 Å². The van der Waals surface area contributed by atoms with E-state index < -0.39 is 11.7 Å².